The minimum Gasteiger partial charge on any atom is -0.130 e. The second-order valence-corrected chi connectivity index (χ2v) is 5.52. The highest BCUT2D eigenvalue weighted by Crippen LogP contribution is 2.20. The Morgan fingerprint density at radius 1 is 1.22 bits per heavy atom. The number of halogens is 2. The molecule has 0 nitrogen and oxygen atoms in total. The van der Waals surface area contributed by atoms with Crippen molar-refractivity contribution in [1.29, 1.82) is 0 Å². The van der Waals surface area contributed by atoms with Gasteiger partial charge in [-0.1, -0.05) is 20.8 Å². The van der Waals surface area contributed by atoms with Gasteiger partial charge < -0.3 is 0 Å². The van der Waals surface area contributed by atoms with Crippen molar-refractivity contribution in [3.05, 3.63) is 0 Å². The van der Waals surface area contributed by atoms with Crippen molar-refractivity contribution in [2.45, 2.75) is 25.8 Å². The zero-order valence-corrected chi connectivity index (χ0v) is 10.3. The maximum Gasteiger partial charge on any atom is 0.0261 e. The van der Waals surface area contributed by atoms with Gasteiger partial charge >= 0.3 is 0 Å². The molecular formula is C6H16Cl2Si. The molecule has 9 heavy (non-hydrogen) atoms. The maximum atomic E-state index is 5.82. The Morgan fingerprint density at radius 2 is 1.33 bits per heavy atom. The Hall–Kier alpha value is 0.797. The van der Waals surface area contributed by atoms with Gasteiger partial charge in [-0.15, -0.1) is 23.2 Å². The van der Waals surface area contributed by atoms with Gasteiger partial charge in [0.15, 0.2) is 0 Å². The molecule has 0 bridgehead atoms. The van der Waals surface area contributed by atoms with Crippen molar-refractivity contribution in [2.24, 2.45) is 5.41 Å². The summed E-state index contributed by atoms with van der Waals surface area (Å²) in [5.41, 5.74) is 0.327. The molecule has 0 radical (unpaired) electrons. The molecule has 0 N–H and O–H groups in total. The van der Waals surface area contributed by atoms with Crippen LogP contribution in [0.5, 0.6) is 0 Å². The third-order valence-electron chi connectivity index (χ3n) is 1.19. The summed E-state index contributed by atoms with van der Waals surface area (Å²) in [7, 11) is 1.09. The summed E-state index contributed by atoms with van der Waals surface area (Å²) in [6, 6.07) is 0. The second-order valence-electron chi connectivity index (χ2n) is 2.98. The molecule has 0 aliphatic carbocycles. The van der Waals surface area contributed by atoms with Crippen LogP contribution in [-0.2, 0) is 0 Å². The highest BCUT2D eigenvalue weighted by molar-refractivity contribution is 6.40. The van der Waals surface area contributed by atoms with Crippen LogP contribution in [0.3, 0.4) is 0 Å². The molecule has 0 saturated heterocycles. The Morgan fingerprint density at radius 3 is 1.33 bits per heavy atom. The fourth-order valence-electron chi connectivity index (χ4n) is 0. The van der Waals surface area contributed by atoms with Crippen LogP contribution in [0.2, 0.25) is 0 Å². The van der Waals surface area contributed by atoms with Crippen LogP contribution in [0.4, 0.5) is 0 Å². The molecule has 58 valence electrons. The first kappa shape index (κ1) is 12.5. The van der Waals surface area contributed by atoms with Crippen molar-refractivity contribution in [3.63, 3.8) is 0 Å². The third-order valence-corrected chi connectivity index (χ3v) is 3.58. The summed E-state index contributed by atoms with van der Waals surface area (Å²) >= 11 is 10.5. The van der Waals surface area contributed by atoms with E-state index >= 15 is 0 Å². The first-order valence-electron chi connectivity index (χ1n) is 2.96. The topological polar surface area (TPSA) is 0 Å². The fraction of sp³-hybridized carbons (Fsp3) is 1.00. The number of alkyl halides is 2. The predicted molar refractivity (Wildman–Crippen MR) is 50.8 cm³/mol. The summed E-state index contributed by atoms with van der Waals surface area (Å²) in [4.78, 5) is 0. The molecule has 0 aromatic carbocycles. The minimum absolute atomic E-state index is 0.327. The lowest BCUT2D eigenvalue weighted by Gasteiger charge is -2.20. The Labute approximate surface area is 71.3 Å². The zero-order valence-electron chi connectivity index (χ0n) is 6.83. The first-order valence-corrected chi connectivity index (χ1v) is 5.31. The predicted octanol–water partition coefficient (Wildman–Crippen LogP) is 1.82. The quantitative estimate of drug-likeness (QED) is 0.401. The molecule has 0 rings (SSSR count). The van der Waals surface area contributed by atoms with Gasteiger partial charge in [0.05, 0.1) is 0 Å². The SMILES string of the molecule is CC(C)(C)C([SiH3])Cl.CCl. The van der Waals surface area contributed by atoms with E-state index in [2.05, 4.69) is 32.4 Å². The van der Waals surface area contributed by atoms with Gasteiger partial charge in [-0.25, -0.2) is 0 Å². The summed E-state index contributed by atoms with van der Waals surface area (Å²) in [6.45, 7) is 6.49. The Balaban J connectivity index is 0. The molecule has 0 aliphatic heterocycles. The minimum atomic E-state index is 0.327. The monoisotopic (exact) mass is 186 g/mol. The second kappa shape index (κ2) is 5.57. The lowest BCUT2D eigenvalue weighted by atomic mass is 10.0. The highest BCUT2D eigenvalue weighted by Gasteiger charge is 2.15. The van der Waals surface area contributed by atoms with Crippen molar-refractivity contribution < 1.29 is 0 Å². The number of hydrogen-bond donors (Lipinski definition) is 0. The van der Waals surface area contributed by atoms with Crippen LogP contribution >= 0.6 is 23.2 Å². The van der Waals surface area contributed by atoms with E-state index < -0.39 is 0 Å². The van der Waals surface area contributed by atoms with Gasteiger partial charge in [0.25, 0.3) is 0 Å². The smallest absolute Gasteiger partial charge is 0.0261 e. The van der Waals surface area contributed by atoms with Gasteiger partial charge in [-0.05, 0) is 5.41 Å². The molecule has 0 aromatic heterocycles. The summed E-state index contributed by atoms with van der Waals surface area (Å²) < 4.78 is 0. The lowest BCUT2D eigenvalue weighted by Crippen LogP contribution is -2.19. The van der Waals surface area contributed by atoms with E-state index in [1.54, 1.807) is 0 Å². The van der Waals surface area contributed by atoms with Crippen LogP contribution < -0.4 is 0 Å². The van der Waals surface area contributed by atoms with E-state index in [1.165, 1.54) is 6.38 Å². The number of hydrogen-bond acceptors (Lipinski definition) is 0. The van der Waals surface area contributed by atoms with Crippen molar-refractivity contribution in [3.8, 4) is 0 Å². The van der Waals surface area contributed by atoms with Gasteiger partial charge in [0.2, 0.25) is 0 Å². The van der Waals surface area contributed by atoms with Crippen LogP contribution in [0, 0.1) is 5.41 Å². The molecule has 0 aromatic rings. The number of rotatable bonds is 0. The molecule has 0 spiro atoms. The third kappa shape index (κ3) is 8.80. The summed E-state index contributed by atoms with van der Waals surface area (Å²) in [6.07, 6.45) is 1.47. The molecule has 0 heterocycles. The normalized spacial score (nSPS) is 14.0. The van der Waals surface area contributed by atoms with Crippen LogP contribution in [0.15, 0.2) is 0 Å². The molecule has 3 heteroatoms. The van der Waals surface area contributed by atoms with Gasteiger partial charge in [0.1, 0.15) is 0 Å². The molecule has 0 saturated carbocycles. The van der Waals surface area contributed by atoms with E-state index in [0.717, 1.165) is 10.2 Å². The van der Waals surface area contributed by atoms with Crippen LogP contribution in [-0.4, -0.2) is 21.6 Å². The van der Waals surface area contributed by atoms with E-state index in [9.17, 15) is 0 Å². The molecule has 0 amide bonds. The first-order chi connectivity index (χ1) is 3.94. The van der Waals surface area contributed by atoms with Gasteiger partial charge in [-0.2, -0.15) is 0 Å². The molecule has 1 unspecified atom stereocenters. The molecule has 0 aliphatic rings. The lowest BCUT2D eigenvalue weighted by molar-refractivity contribution is 0.450. The molecular weight excluding hydrogens is 171 g/mol. The summed E-state index contributed by atoms with van der Waals surface area (Å²) in [5, 5.41) is 0.410. The molecule has 1 atom stereocenters. The largest absolute Gasteiger partial charge is 0.130 e. The fourth-order valence-corrected chi connectivity index (χ4v) is 0. The van der Waals surface area contributed by atoms with Gasteiger partial charge in [0, 0.05) is 21.6 Å². The Bertz CT molecular complexity index is 56.6. The van der Waals surface area contributed by atoms with Gasteiger partial charge in [-0.3, -0.25) is 0 Å². The Kier molecular flexibility index (Phi) is 7.72. The van der Waals surface area contributed by atoms with E-state index in [1.807, 2.05) is 0 Å². The average molecular weight is 187 g/mol. The van der Waals surface area contributed by atoms with E-state index in [0.29, 0.717) is 10.4 Å². The van der Waals surface area contributed by atoms with Crippen LogP contribution in [0.25, 0.3) is 0 Å². The van der Waals surface area contributed by atoms with Crippen molar-refractivity contribution in [2.75, 3.05) is 6.38 Å². The zero-order chi connectivity index (χ0) is 8.08. The van der Waals surface area contributed by atoms with Crippen LogP contribution in [0.1, 0.15) is 20.8 Å². The molecule has 0 fully saturated rings. The van der Waals surface area contributed by atoms with E-state index in [4.69, 9.17) is 11.6 Å². The summed E-state index contributed by atoms with van der Waals surface area (Å²) in [5.74, 6) is 0. The standard InChI is InChI=1S/C5H13ClSi.CH3Cl/c1-5(2,3)4(6)7;1-2/h4H,1-3,7H3;1H3. The highest BCUT2D eigenvalue weighted by atomic mass is 35.5. The van der Waals surface area contributed by atoms with Crippen molar-refractivity contribution in [1.82, 2.24) is 0 Å². The van der Waals surface area contributed by atoms with E-state index in [-0.39, 0.29) is 0 Å². The maximum absolute atomic E-state index is 5.82. The average Bonchev–Trinajstić information content (AvgIpc) is 1.69. The van der Waals surface area contributed by atoms with Crippen molar-refractivity contribution >= 4 is 33.4 Å².